The smallest absolute Gasteiger partial charge is 0.295 e. The molecule has 1 atom stereocenters. The summed E-state index contributed by atoms with van der Waals surface area (Å²) in [6.07, 6.45) is 6.82. The SMILES string of the molecule is CCCOc1ccc(C2/C(=C(\O)c3ccc(C)cc3)C(=O)C(=O)N2CCCn2ccnc2)cc1. The highest BCUT2D eigenvalue weighted by Crippen LogP contribution is 2.40. The first-order chi connectivity index (χ1) is 16.5. The molecule has 7 heteroatoms. The van der Waals surface area contributed by atoms with Crippen LogP contribution in [0.15, 0.2) is 72.8 Å². The highest BCUT2D eigenvalue weighted by molar-refractivity contribution is 6.46. The molecule has 1 saturated heterocycles. The molecule has 0 radical (unpaired) electrons. The number of imidazole rings is 1. The monoisotopic (exact) mass is 459 g/mol. The Morgan fingerprint density at radius 2 is 1.79 bits per heavy atom. The van der Waals surface area contributed by atoms with Crippen molar-refractivity contribution >= 4 is 17.4 Å². The lowest BCUT2D eigenvalue weighted by Crippen LogP contribution is -2.31. The Morgan fingerprint density at radius 3 is 2.44 bits per heavy atom. The van der Waals surface area contributed by atoms with Crippen LogP contribution in [0.1, 0.15) is 42.5 Å². The van der Waals surface area contributed by atoms with E-state index in [2.05, 4.69) is 4.98 Å². The summed E-state index contributed by atoms with van der Waals surface area (Å²) in [7, 11) is 0. The topological polar surface area (TPSA) is 84.7 Å². The number of hydrogen-bond donors (Lipinski definition) is 1. The van der Waals surface area contributed by atoms with Gasteiger partial charge in [-0.2, -0.15) is 0 Å². The van der Waals surface area contributed by atoms with Crippen molar-refractivity contribution in [2.45, 2.75) is 39.3 Å². The summed E-state index contributed by atoms with van der Waals surface area (Å²) < 4.78 is 7.61. The summed E-state index contributed by atoms with van der Waals surface area (Å²) in [4.78, 5) is 31.8. The molecule has 1 aliphatic rings. The molecule has 0 bridgehead atoms. The maximum atomic E-state index is 13.1. The molecule has 1 aromatic heterocycles. The fourth-order valence-corrected chi connectivity index (χ4v) is 4.13. The first-order valence-electron chi connectivity index (χ1n) is 11.5. The van der Waals surface area contributed by atoms with E-state index in [9.17, 15) is 14.7 Å². The average molecular weight is 460 g/mol. The Labute approximate surface area is 199 Å². The number of Topliss-reactive ketones (excluding diaryl/α,β-unsaturated/α-hetero) is 1. The Bertz CT molecular complexity index is 1170. The van der Waals surface area contributed by atoms with Gasteiger partial charge in [-0.25, -0.2) is 4.98 Å². The lowest BCUT2D eigenvalue weighted by atomic mass is 9.95. The summed E-state index contributed by atoms with van der Waals surface area (Å²) in [6, 6.07) is 14.0. The van der Waals surface area contributed by atoms with Gasteiger partial charge in [0.2, 0.25) is 0 Å². The number of aryl methyl sites for hydroxylation is 2. The van der Waals surface area contributed by atoms with Crippen LogP contribution >= 0.6 is 0 Å². The quantitative estimate of drug-likeness (QED) is 0.289. The lowest BCUT2D eigenvalue weighted by Gasteiger charge is -2.25. The molecule has 4 rings (SSSR count). The molecule has 1 N–H and O–H groups in total. The summed E-state index contributed by atoms with van der Waals surface area (Å²) in [5.41, 5.74) is 2.41. The van der Waals surface area contributed by atoms with E-state index in [4.69, 9.17) is 4.74 Å². The molecule has 2 heterocycles. The van der Waals surface area contributed by atoms with Gasteiger partial charge in [-0.3, -0.25) is 9.59 Å². The zero-order chi connectivity index (χ0) is 24.1. The van der Waals surface area contributed by atoms with Crippen LogP contribution in [0.3, 0.4) is 0 Å². The van der Waals surface area contributed by atoms with E-state index < -0.39 is 17.7 Å². The van der Waals surface area contributed by atoms with Gasteiger partial charge in [0.15, 0.2) is 0 Å². The van der Waals surface area contributed by atoms with Crippen molar-refractivity contribution in [2.75, 3.05) is 13.2 Å². The fourth-order valence-electron chi connectivity index (χ4n) is 4.13. The second kappa shape index (κ2) is 10.4. The van der Waals surface area contributed by atoms with Gasteiger partial charge in [0.05, 0.1) is 24.5 Å². The summed E-state index contributed by atoms with van der Waals surface area (Å²) in [5.74, 6) is -0.708. The number of amides is 1. The van der Waals surface area contributed by atoms with Crippen LogP contribution < -0.4 is 4.74 Å². The number of hydrogen-bond acceptors (Lipinski definition) is 5. The van der Waals surface area contributed by atoms with E-state index >= 15 is 0 Å². The largest absolute Gasteiger partial charge is 0.507 e. The number of aliphatic hydroxyl groups is 1. The Morgan fingerprint density at radius 1 is 1.06 bits per heavy atom. The molecule has 176 valence electrons. The van der Waals surface area contributed by atoms with Crippen molar-refractivity contribution in [3.63, 3.8) is 0 Å². The molecule has 1 aliphatic heterocycles. The van der Waals surface area contributed by atoms with Gasteiger partial charge in [-0.05, 0) is 37.5 Å². The van der Waals surface area contributed by atoms with Crippen LogP contribution in [-0.2, 0) is 16.1 Å². The van der Waals surface area contributed by atoms with Gasteiger partial charge in [-0.1, -0.05) is 48.9 Å². The van der Waals surface area contributed by atoms with Crippen molar-refractivity contribution in [2.24, 2.45) is 0 Å². The number of carbonyl (C=O) groups is 2. The van der Waals surface area contributed by atoms with E-state index in [-0.39, 0.29) is 11.3 Å². The van der Waals surface area contributed by atoms with Crippen LogP contribution in [0.25, 0.3) is 5.76 Å². The third-order valence-corrected chi connectivity index (χ3v) is 5.91. The Hall–Kier alpha value is -3.87. The van der Waals surface area contributed by atoms with Crippen molar-refractivity contribution in [3.05, 3.63) is 89.5 Å². The Kier molecular flexibility index (Phi) is 7.11. The number of aliphatic hydroxyl groups excluding tert-OH is 1. The number of ether oxygens (including phenoxy) is 1. The molecule has 3 aromatic rings. The van der Waals surface area contributed by atoms with E-state index in [1.807, 2.05) is 61.0 Å². The number of rotatable bonds is 9. The van der Waals surface area contributed by atoms with Crippen molar-refractivity contribution < 1.29 is 19.4 Å². The van der Waals surface area contributed by atoms with Gasteiger partial charge in [-0.15, -0.1) is 0 Å². The van der Waals surface area contributed by atoms with Gasteiger partial charge >= 0.3 is 0 Å². The van der Waals surface area contributed by atoms with Crippen LogP contribution in [0.2, 0.25) is 0 Å². The minimum Gasteiger partial charge on any atom is -0.507 e. The highest BCUT2D eigenvalue weighted by atomic mass is 16.5. The lowest BCUT2D eigenvalue weighted by molar-refractivity contribution is -0.139. The number of benzene rings is 2. The van der Waals surface area contributed by atoms with Gasteiger partial charge < -0.3 is 19.3 Å². The molecule has 1 amide bonds. The maximum Gasteiger partial charge on any atom is 0.295 e. The number of carbonyl (C=O) groups excluding carboxylic acids is 2. The minimum absolute atomic E-state index is 0.110. The van der Waals surface area contributed by atoms with Gasteiger partial charge in [0, 0.05) is 31.0 Å². The van der Waals surface area contributed by atoms with E-state index in [0.29, 0.717) is 31.7 Å². The molecular weight excluding hydrogens is 430 g/mol. The average Bonchev–Trinajstić information content (AvgIpc) is 3.45. The van der Waals surface area contributed by atoms with E-state index in [1.165, 1.54) is 0 Å². The number of likely N-dealkylation sites (tertiary alicyclic amines) is 1. The minimum atomic E-state index is -0.677. The summed E-state index contributed by atoms with van der Waals surface area (Å²) in [6.45, 7) is 5.63. The number of nitrogens with zero attached hydrogens (tertiary/aromatic N) is 3. The van der Waals surface area contributed by atoms with Crippen molar-refractivity contribution in [1.82, 2.24) is 14.5 Å². The summed E-state index contributed by atoms with van der Waals surface area (Å²) >= 11 is 0. The molecule has 7 nitrogen and oxygen atoms in total. The van der Waals surface area contributed by atoms with Crippen LogP contribution in [-0.4, -0.2) is 44.4 Å². The molecule has 0 saturated carbocycles. The van der Waals surface area contributed by atoms with Crippen molar-refractivity contribution in [3.8, 4) is 5.75 Å². The predicted molar refractivity (Wildman–Crippen MR) is 129 cm³/mol. The number of ketones is 1. The number of aromatic nitrogens is 2. The molecule has 2 aromatic carbocycles. The van der Waals surface area contributed by atoms with Crippen LogP contribution in [0, 0.1) is 6.92 Å². The van der Waals surface area contributed by atoms with E-state index in [0.717, 1.165) is 23.3 Å². The molecule has 0 aliphatic carbocycles. The maximum absolute atomic E-state index is 13.1. The Balaban J connectivity index is 1.69. The third kappa shape index (κ3) is 4.88. The standard InChI is InChI=1S/C27H29N3O4/c1-3-17-34-22-11-9-20(10-12-22)24-23(25(31)21-7-5-19(2)6-8-21)26(32)27(33)30(24)15-4-14-29-16-13-28-18-29/h5-13,16,18,24,31H,3-4,14-15,17H2,1-2H3/b25-23+. The third-order valence-electron chi connectivity index (χ3n) is 5.91. The molecule has 1 unspecified atom stereocenters. The molecule has 1 fully saturated rings. The van der Waals surface area contributed by atoms with E-state index in [1.54, 1.807) is 29.6 Å². The first kappa shape index (κ1) is 23.3. The first-order valence-corrected chi connectivity index (χ1v) is 11.5. The molecule has 0 spiro atoms. The normalized spacial score (nSPS) is 17.4. The van der Waals surface area contributed by atoms with Crippen molar-refractivity contribution in [1.29, 1.82) is 0 Å². The van der Waals surface area contributed by atoms with Crippen LogP contribution in [0.5, 0.6) is 5.75 Å². The second-order valence-electron chi connectivity index (χ2n) is 8.43. The summed E-state index contributed by atoms with van der Waals surface area (Å²) in [5, 5.41) is 11.1. The molecule has 34 heavy (non-hydrogen) atoms. The van der Waals surface area contributed by atoms with Gasteiger partial charge in [0.25, 0.3) is 11.7 Å². The highest BCUT2D eigenvalue weighted by Gasteiger charge is 2.45. The second-order valence-corrected chi connectivity index (χ2v) is 8.43. The molecular formula is C27H29N3O4. The zero-order valence-electron chi connectivity index (χ0n) is 19.5. The predicted octanol–water partition coefficient (Wildman–Crippen LogP) is 4.49. The van der Waals surface area contributed by atoms with Crippen LogP contribution in [0.4, 0.5) is 0 Å². The van der Waals surface area contributed by atoms with Gasteiger partial charge in [0.1, 0.15) is 11.5 Å². The zero-order valence-corrected chi connectivity index (χ0v) is 19.5. The fraction of sp³-hybridized carbons (Fsp3) is 0.296.